The van der Waals surface area contributed by atoms with Crippen molar-refractivity contribution in [2.75, 3.05) is 6.61 Å². The topological polar surface area (TPSA) is 110 Å². The molecule has 0 aliphatic carbocycles. The number of benzene rings is 1. The van der Waals surface area contributed by atoms with E-state index in [1.165, 1.54) is 35.1 Å². The Labute approximate surface area is 130 Å². The number of ether oxygens (including phenoxy) is 2. The quantitative estimate of drug-likeness (QED) is 0.702. The van der Waals surface area contributed by atoms with Gasteiger partial charge in [-0.15, -0.1) is 5.10 Å². The molecule has 1 aromatic heterocycles. The Bertz CT molecular complexity index is 650. The summed E-state index contributed by atoms with van der Waals surface area (Å²) in [6.07, 6.45) is -3.24. The first-order valence-corrected chi connectivity index (χ1v) is 6.99. The number of hydrogen-bond acceptors (Lipinski definition) is 7. The van der Waals surface area contributed by atoms with Crippen LogP contribution in [-0.2, 0) is 11.3 Å². The maximum absolute atomic E-state index is 12.8. The lowest BCUT2D eigenvalue weighted by Crippen LogP contribution is -2.50. The Morgan fingerprint density at radius 2 is 1.96 bits per heavy atom. The molecular formula is C14H16FN3O5. The molecule has 2 heterocycles. The van der Waals surface area contributed by atoms with Crippen LogP contribution in [-0.4, -0.2) is 55.2 Å². The standard InChI is InChI=1S/C14H16FN3O5/c15-8-1-3-10(4-2-8)22-6-9-5-18(17-16-9)14-13(21)12(20)11(19)7-23-14/h1-5,11-14,19-21H,6-7H2/t11-,12+,13-,14-/m1/s1. The summed E-state index contributed by atoms with van der Waals surface area (Å²) in [4.78, 5) is 0. The maximum atomic E-state index is 12.8. The molecule has 4 atom stereocenters. The van der Waals surface area contributed by atoms with E-state index < -0.39 is 24.5 Å². The molecule has 1 saturated heterocycles. The third kappa shape index (κ3) is 3.48. The molecule has 0 unspecified atom stereocenters. The lowest BCUT2D eigenvalue weighted by molar-refractivity contribution is -0.214. The van der Waals surface area contributed by atoms with E-state index in [1.807, 2.05) is 0 Å². The number of aromatic nitrogens is 3. The van der Waals surface area contributed by atoms with Gasteiger partial charge in [0, 0.05) is 0 Å². The van der Waals surface area contributed by atoms with Gasteiger partial charge in [0.1, 0.15) is 42.2 Å². The smallest absolute Gasteiger partial charge is 0.180 e. The van der Waals surface area contributed by atoms with E-state index >= 15 is 0 Å². The van der Waals surface area contributed by atoms with E-state index in [1.54, 1.807) is 0 Å². The predicted octanol–water partition coefficient (Wildman–Crippen LogP) is -0.392. The van der Waals surface area contributed by atoms with Gasteiger partial charge in [-0.3, -0.25) is 0 Å². The summed E-state index contributed by atoms with van der Waals surface area (Å²) >= 11 is 0. The molecule has 9 heteroatoms. The number of nitrogens with zero attached hydrogens (tertiary/aromatic N) is 3. The first kappa shape index (κ1) is 15.8. The highest BCUT2D eigenvalue weighted by atomic mass is 19.1. The molecule has 0 radical (unpaired) electrons. The van der Waals surface area contributed by atoms with Gasteiger partial charge < -0.3 is 24.8 Å². The molecule has 124 valence electrons. The first-order chi connectivity index (χ1) is 11.0. The number of rotatable bonds is 4. The summed E-state index contributed by atoms with van der Waals surface area (Å²) in [5.41, 5.74) is 0.464. The van der Waals surface area contributed by atoms with E-state index in [0.29, 0.717) is 11.4 Å². The van der Waals surface area contributed by atoms with Gasteiger partial charge in [-0.25, -0.2) is 9.07 Å². The summed E-state index contributed by atoms with van der Waals surface area (Å²) < 4.78 is 24.8. The van der Waals surface area contributed by atoms with Crippen LogP contribution < -0.4 is 4.74 Å². The van der Waals surface area contributed by atoms with Gasteiger partial charge in [-0.05, 0) is 24.3 Å². The lowest BCUT2D eigenvalue weighted by Gasteiger charge is -2.34. The van der Waals surface area contributed by atoms with Crippen LogP contribution in [0.25, 0.3) is 0 Å². The zero-order valence-electron chi connectivity index (χ0n) is 12.0. The van der Waals surface area contributed by atoms with Crippen molar-refractivity contribution in [1.82, 2.24) is 15.0 Å². The molecule has 0 amide bonds. The fourth-order valence-electron chi connectivity index (χ4n) is 2.22. The van der Waals surface area contributed by atoms with Crippen LogP contribution in [0.5, 0.6) is 5.75 Å². The van der Waals surface area contributed by atoms with Gasteiger partial charge in [0.15, 0.2) is 6.23 Å². The molecule has 1 aromatic carbocycles. The highest BCUT2D eigenvalue weighted by Gasteiger charge is 2.39. The third-order valence-corrected chi connectivity index (χ3v) is 3.49. The highest BCUT2D eigenvalue weighted by molar-refractivity contribution is 5.22. The summed E-state index contributed by atoms with van der Waals surface area (Å²) in [6, 6.07) is 5.55. The molecule has 23 heavy (non-hydrogen) atoms. The van der Waals surface area contributed by atoms with Crippen molar-refractivity contribution in [3.63, 3.8) is 0 Å². The Hall–Kier alpha value is -2.07. The molecule has 0 saturated carbocycles. The van der Waals surface area contributed by atoms with E-state index in [2.05, 4.69) is 10.3 Å². The third-order valence-electron chi connectivity index (χ3n) is 3.49. The minimum Gasteiger partial charge on any atom is -0.487 e. The van der Waals surface area contributed by atoms with Crippen LogP contribution in [0.15, 0.2) is 30.5 Å². The van der Waals surface area contributed by atoms with E-state index in [4.69, 9.17) is 9.47 Å². The van der Waals surface area contributed by atoms with Gasteiger partial charge in [-0.1, -0.05) is 5.21 Å². The number of hydrogen-bond donors (Lipinski definition) is 3. The average molecular weight is 325 g/mol. The van der Waals surface area contributed by atoms with E-state index in [9.17, 15) is 19.7 Å². The van der Waals surface area contributed by atoms with E-state index in [0.717, 1.165) is 0 Å². The van der Waals surface area contributed by atoms with Crippen LogP contribution in [0, 0.1) is 5.82 Å². The molecule has 3 rings (SSSR count). The fourth-order valence-corrected chi connectivity index (χ4v) is 2.22. The van der Waals surface area contributed by atoms with Gasteiger partial charge >= 0.3 is 0 Å². The molecule has 0 spiro atoms. The van der Waals surface area contributed by atoms with Crippen LogP contribution >= 0.6 is 0 Å². The van der Waals surface area contributed by atoms with E-state index in [-0.39, 0.29) is 19.0 Å². The lowest BCUT2D eigenvalue weighted by atomic mass is 10.0. The molecule has 1 fully saturated rings. The normalized spacial score (nSPS) is 27.8. The number of halogens is 1. The number of aliphatic hydroxyl groups is 3. The van der Waals surface area contributed by atoms with Crippen molar-refractivity contribution in [2.45, 2.75) is 31.1 Å². The Morgan fingerprint density at radius 3 is 2.70 bits per heavy atom. The molecule has 1 aliphatic rings. The Morgan fingerprint density at radius 1 is 1.22 bits per heavy atom. The van der Waals surface area contributed by atoms with Crippen molar-refractivity contribution in [3.05, 3.63) is 42.0 Å². The molecule has 8 nitrogen and oxygen atoms in total. The number of aliphatic hydroxyl groups excluding tert-OH is 3. The molecule has 1 aliphatic heterocycles. The second kappa shape index (κ2) is 6.59. The van der Waals surface area contributed by atoms with Crippen molar-refractivity contribution in [3.8, 4) is 5.75 Å². The summed E-state index contributed by atoms with van der Waals surface area (Å²) in [6.45, 7) is -0.0240. The highest BCUT2D eigenvalue weighted by Crippen LogP contribution is 2.23. The molecule has 3 N–H and O–H groups in total. The zero-order valence-corrected chi connectivity index (χ0v) is 12.0. The largest absolute Gasteiger partial charge is 0.487 e. The summed E-state index contributed by atoms with van der Waals surface area (Å²) in [5, 5.41) is 36.7. The second-order valence-corrected chi connectivity index (χ2v) is 5.20. The van der Waals surface area contributed by atoms with Crippen LogP contribution in [0.2, 0.25) is 0 Å². The second-order valence-electron chi connectivity index (χ2n) is 5.20. The van der Waals surface area contributed by atoms with Crippen molar-refractivity contribution < 1.29 is 29.2 Å². The van der Waals surface area contributed by atoms with Crippen molar-refractivity contribution >= 4 is 0 Å². The predicted molar refractivity (Wildman–Crippen MR) is 73.8 cm³/mol. The van der Waals surface area contributed by atoms with Crippen molar-refractivity contribution in [1.29, 1.82) is 0 Å². The Balaban J connectivity index is 1.62. The van der Waals surface area contributed by atoms with Crippen LogP contribution in [0.1, 0.15) is 11.9 Å². The van der Waals surface area contributed by atoms with Gasteiger partial charge in [0.25, 0.3) is 0 Å². The van der Waals surface area contributed by atoms with Crippen LogP contribution in [0.3, 0.4) is 0 Å². The Kier molecular flexibility index (Phi) is 4.53. The molecule has 0 bridgehead atoms. The molecular weight excluding hydrogens is 309 g/mol. The van der Waals surface area contributed by atoms with Gasteiger partial charge in [0.05, 0.1) is 12.8 Å². The van der Waals surface area contributed by atoms with Gasteiger partial charge in [-0.2, -0.15) is 0 Å². The maximum Gasteiger partial charge on any atom is 0.180 e. The monoisotopic (exact) mass is 325 g/mol. The van der Waals surface area contributed by atoms with Crippen molar-refractivity contribution in [2.24, 2.45) is 0 Å². The zero-order chi connectivity index (χ0) is 16.4. The fraction of sp³-hybridized carbons (Fsp3) is 0.429. The van der Waals surface area contributed by atoms with Gasteiger partial charge in [0.2, 0.25) is 0 Å². The minimum atomic E-state index is -1.33. The SMILES string of the molecule is O[C@@H]1[C@@H](O)[C@H](n2cc(COc3ccc(F)cc3)nn2)OC[C@H]1O. The average Bonchev–Trinajstić information content (AvgIpc) is 3.01. The summed E-state index contributed by atoms with van der Waals surface area (Å²) in [7, 11) is 0. The molecule has 2 aromatic rings. The minimum absolute atomic E-state index is 0.0969. The van der Waals surface area contributed by atoms with Crippen LogP contribution in [0.4, 0.5) is 4.39 Å². The summed E-state index contributed by atoms with van der Waals surface area (Å²) in [5.74, 6) is 0.126. The first-order valence-electron chi connectivity index (χ1n) is 6.99.